The van der Waals surface area contributed by atoms with E-state index >= 15 is 0 Å². The minimum atomic E-state index is 0.131. The van der Waals surface area contributed by atoms with E-state index in [4.69, 9.17) is 5.73 Å². The number of anilines is 1. The van der Waals surface area contributed by atoms with Gasteiger partial charge in [-0.1, -0.05) is 22.4 Å². The standard InChI is InChI=1S/C17H24BrN3O/c18-13-4-6-15(7-5-13)21-9-8-14(11-21)20-17(22)16-3-1-2-12(16)10-19/h4-7,12,14,16H,1-3,8-11,19H2,(H,20,22)/t12-,14?,16-/m1/s1. The summed E-state index contributed by atoms with van der Waals surface area (Å²) in [7, 11) is 0. The summed E-state index contributed by atoms with van der Waals surface area (Å²) in [6.45, 7) is 2.53. The largest absolute Gasteiger partial charge is 0.369 e. The van der Waals surface area contributed by atoms with E-state index < -0.39 is 0 Å². The van der Waals surface area contributed by atoms with Crippen molar-refractivity contribution in [1.29, 1.82) is 0 Å². The predicted molar refractivity (Wildman–Crippen MR) is 92.8 cm³/mol. The minimum absolute atomic E-state index is 0.131. The number of nitrogens with zero attached hydrogens (tertiary/aromatic N) is 1. The van der Waals surface area contributed by atoms with Gasteiger partial charge in [0.25, 0.3) is 0 Å². The van der Waals surface area contributed by atoms with Gasteiger partial charge in [-0.2, -0.15) is 0 Å². The van der Waals surface area contributed by atoms with Crippen LogP contribution in [-0.4, -0.2) is 31.6 Å². The first-order valence-corrected chi connectivity index (χ1v) is 8.97. The maximum atomic E-state index is 12.5. The van der Waals surface area contributed by atoms with Gasteiger partial charge in [0.2, 0.25) is 5.91 Å². The number of halogens is 1. The average Bonchev–Trinajstić information content (AvgIpc) is 3.16. The number of nitrogens with one attached hydrogen (secondary N) is 1. The summed E-state index contributed by atoms with van der Waals surface area (Å²) in [6, 6.07) is 8.62. The fourth-order valence-corrected chi connectivity index (χ4v) is 4.00. The lowest BCUT2D eigenvalue weighted by molar-refractivity contribution is -0.126. The third kappa shape index (κ3) is 3.46. The summed E-state index contributed by atoms with van der Waals surface area (Å²) in [5.74, 6) is 0.728. The molecule has 3 rings (SSSR count). The van der Waals surface area contributed by atoms with Crippen molar-refractivity contribution in [2.75, 3.05) is 24.5 Å². The molecule has 3 N–H and O–H groups in total. The number of carbonyl (C=O) groups excluding carboxylic acids is 1. The van der Waals surface area contributed by atoms with Crippen LogP contribution in [0.4, 0.5) is 5.69 Å². The molecule has 1 saturated heterocycles. The van der Waals surface area contributed by atoms with Gasteiger partial charge < -0.3 is 16.0 Å². The van der Waals surface area contributed by atoms with Crippen molar-refractivity contribution in [2.45, 2.75) is 31.7 Å². The van der Waals surface area contributed by atoms with Crippen molar-refractivity contribution < 1.29 is 4.79 Å². The number of rotatable bonds is 4. The lowest BCUT2D eigenvalue weighted by Crippen LogP contribution is -2.42. The molecule has 0 radical (unpaired) electrons. The van der Waals surface area contributed by atoms with Crippen molar-refractivity contribution in [3.05, 3.63) is 28.7 Å². The van der Waals surface area contributed by atoms with Crippen LogP contribution < -0.4 is 16.0 Å². The van der Waals surface area contributed by atoms with Crippen LogP contribution in [0, 0.1) is 11.8 Å². The zero-order chi connectivity index (χ0) is 15.5. The maximum absolute atomic E-state index is 12.5. The highest BCUT2D eigenvalue weighted by atomic mass is 79.9. The molecule has 1 aromatic carbocycles. The number of amides is 1. The fraction of sp³-hybridized carbons (Fsp3) is 0.588. The van der Waals surface area contributed by atoms with Crippen LogP contribution >= 0.6 is 15.9 Å². The zero-order valence-electron chi connectivity index (χ0n) is 12.8. The molecule has 0 spiro atoms. The highest BCUT2D eigenvalue weighted by Crippen LogP contribution is 2.31. The van der Waals surface area contributed by atoms with Gasteiger partial charge in [-0.15, -0.1) is 0 Å². The van der Waals surface area contributed by atoms with Crippen LogP contribution in [0.3, 0.4) is 0 Å². The van der Waals surface area contributed by atoms with Gasteiger partial charge in [0.15, 0.2) is 0 Å². The second-order valence-corrected chi connectivity index (χ2v) is 7.37. The van der Waals surface area contributed by atoms with E-state index in [1.165, 1.54) is 5.69 Å². The molecule has 0 aromatic heterocycles. The smallest absolute Gasteiger partial charge is 0.223 e. The predicted octanol–water partition coefficient (Wildman–Crippen LogP) is 2.52. The summed E-state index contributed by atoms with van der Waals surface area (Å²) in [5.41, 5.74) is 7.01. The summed E-state index contributed by atoms with van der Waals surface area (Å²) in [5, 5.41) is 3.25. The van der Waals surface area contributed by atoms with Crippen molar-refractivity contribution in [3.8, 4) is 0 Å². The van der Waals surface area contributed by atoms with Gasteiger partial charge >= 0.3 is 0 Å². The Hall–Kier alpha value is -1.07. The molecule has 1 heterocycles. The van der Waals surface area contributed by atoms with Gasteiger partial charge in [-0.3, -0.25) is 4.79 Å². The molecule has 1 aromatic rings. The summed E-state index contributed by atoms with van der Waals surface area (Å²) in [4.78, 5) is 14.8. The fourth-order valence-electron chi connectivity index (χ4n) is 3.74. The molecule has 1 amide bonds. The molecular formula is C17H24BrN3O. The van der Waals surface area contributed by atoms with E-state index in [0.717, 1.165) is 43.2 Å². The number of benzene rings is 1. The molecule has 0 bridgehead atoms. The Morgan fingerprint density at radius 1 is 1.27 bits per heavy atom. The third-order valence-electron chi connectivity index (χ3n) is 5.03. The minimum Gasteiger partial charge on any atom is -0.369 e. The summed E-state index contributed by atoms with van der Waals surface area (Å²) < 4.78 is 1.09. The van der Waals surface area contributed by atoms with E-state index in [2.05, 4.69) is 50.4 Å². The molecular weight excluding hydrogens is 342 g/mol. The summed E-state index contributed by atoms with van der Waals surface area (Å²) in [6.07, 6.45) is 4.25. The van der Waals surface area contributed by atoms with Crippen molar-refractivity contribution in [3.63, 3.8) is 0 Å². The molecule has 2 aliphatic rings. The van der Waals surface area contributed by atoms with Gasteiger partial charge in [0.1, 0.15) is 0 Å². The monoisotopic (exact) mass is 365 g/mol. The normalized spacial score (nSPS) is 28.1. The number of nitrogens with two attached hydrogens (primary N) is 1. The van der Waals surface area contributed by atoms with E-state index in [9.17, 15) is 4.79 Å². The van der Waals surface area contributed by atoms with E-state index in [1.807, 2.05) is 0 Å². The topological polar surface area (TPSA) is 58.4 Å². The average molecular weight is 366 g/mol. The van der Waals surface area contributed by atoms with E-state index in [0.29, 0.717) is 12.5 Å². The molecule has 2 fully saturated rings. The lowest BCUT2D eigenvalue weighted by atomic mass is 9.95. The van der Waals surface area contributed by atoms with Crippen LogP contribution in [-0.2, 0) is 4.79 Å². The van der Waals surface area contributed by atoms with Crippen molar-refractivity contribution >= 4 is 27.5 Å². The summed E-state index contributed by atoms with van der Waals surface area (Å²) >= 11 is 3.46. The maximum Gasteiger partial charge on any atom is 0.223 e. The van der Waals surface area contributed by atoms with E-state index in [-0.39, 0.29) is 17.9 Å². The molecule has 3 atom stereocenters. The van der Waals surface area contributed by atoms with E-state index in [1.54, 1.807) is 0 Å². The Labute approximate surface area is 140 Å². The molecule has 1 saturated carbocycles. The van der Waals surface area contributed by atoms with Crippen LogP contribution in [0.5, 0.6) is 0 Å². The number of carbonyl (C=O) groups is 1. The van der Waals surface area contributed by atoms with Crippen molar-refractivity contribution in [1.82, 2.24) is 5.32 Å². The quantitative estimate of drug-likeness (QED) is 0.861. The first-order chi connectivity index (χ1) is 10.7. The van der Waals surface area contributed by atoms with Crippen LogP contribution in [0.1, 0.15) is 25.7 Å². The molecule has 1 aliphatic heterocycles. The van der Waals surface area contributed by atoms with Gasteiger partial charge in [-0.25, -0.2) is 0 Å². The van der Waals surface area contributed by atoms with Gasteiger partial charge in [0.05, 0.1) is 0 Å². The molecule has 1 aliphatic carbocycles. The highest BCUT2D eigenvalue weighted by molar-refractivity contribution is 9.10. The SMILES string of the molecule is NC[C@H]1CCC[C@H]1C(=O)NC1CCN(c2ccc(Br)cc2)C1. The lowest BCUT2D eigenvalue weighted by Gasteiger charge is -2.22. The second-order valence-electron chi connectivity index (χ2n) is 6.45. The second kappa shape index (κ2) is 7.01. The zero-order valence-corrected chi connectivity index (χ0v) is 14.4. The molecule has 5 heteroatoms. The first kappa shape index (κ1) is 15.8. The Kier molecular flexibility index (Phi) is 5.03. The Morgan fingerprint density at radius 3 is 2.77 bits per heavy atom. The Morgan fingerprint density at radius 2 is 2.05 bits per heavy atom. The molecule has 1 unspecified atom stereocenters. The molecule has 4 nitrogen and oxygen atoms in total. The first-order valence-electron chi connectivity index (χ1n) is 8.18. The van der Waals surface area contributed by atoms with Gasteiger partial charge in [-0.05, 0) is 56.0 Å². The highest BCUT2D eigenvalue weighted by Gasteiger charge is 2.34. The number of hydrogen-bond acceptors (Lipinski definition) is 3. The van der Waals surface area contributed by atoms with Crippen LogP contribution in [0.25, 0.3) is 0 Å². The van der Waals surface area contributed by atoms with Crippen LogP contribution in [0.15, 0.2) is 28.7 Å². The van der Waals surface area contributed by atoms with Gasteiger partial charge in [0, 0.05) is 35.2 Å². The number of hydrogen-bond donors (Lipinski definition) is 2. The van der Waals surface area contributed by atoms with Crippen molar-refractivity contribution in [2.24, 2.45) is 17.6 Å². The Bertz CT molecular complexity index is 519. The molecule has 120 valence electrons. The molecule has 22 heavy (non-hydrogen) atoms. The Balaban J connectivity index is 1.54. The third-order valence-corrected chi connectivity index (χ3v) is 5.55. The van der Waals surface area contributed by atoms with Crippen LogP contribution in [0.2, 0.25) is 0 Å².